The molecular weight excluding hydrogens is 324 g/mol. The molecule has 0 unspecified atom stereocenters. The summed E-state index contributed by atoms with van der Waals surface area (Å²) in [5.74, 6) is 0. The molecule has 0 aromatic rings. The summed E-state index contributed by atoms with van der Waals surface area (Å²) >= 11 is 0. The first kappa shape index (κ1) is 50.1. The van der Waals surface area contributed by atoms with Crippen LogP contribution in [0.4, 0.5) is 0 Å². The second kappa shape index (κ2) is 29.5. The van der Waals surface area contributed by atoms with E-state index in [2.05, 4.69) is 99.9 Å². The molecule has 0 amide bonds. The highest BCUT2D eigenvalue weighted by molar-refractivity contribution is 4.46. The fourth-order valence-corrected chi connectivity index (χ4v) is 2.02. The van der Waals surface area contributed by atoms with Gasteiger partial charge in [-0.05, 0) is 70.5 Å². The SMILES string of the molecule is C.C.C.C.C.C.CN(C)CN(C)CN(C)C.CN(C)CN(C)CN(C)C. The molecule has 0 atom stereocenters. The second-order valence-corrected chi connectivity index (χ2v) is 6.60. The molecule has 0 aliphatic rings. The molecule has 0 aliphatic carbocycles. The molecule has 0 fully saturated rings. The molecule has 0 saturated heterocycles. The Morgan fingerprint density at radius 1 is 0.308 bits per heavy atom. The van der Waals surface area contributed by atoms with Crippen LogP contribution in [-0.4, -0.2) is 127 Å². The Hall–Kier alpha value is -0.240. The maximum Gasteiger partial charge on any atom is 0.0509 e. The predicted octanol–water partition coefficient (Wildman–Crippen LogP) is 3.73. The van der Waals surface area contributed by atoms with Crippen molar-refractivity contribution in [2.24, 2.45) is 0 Å². The third-order valence-corrected chi connectivity index (χ3v) is 2.10. The third kappa shape index (κ3) is 49.6. The summed E-state index contributed by atoms with van der Waals surface area (Å²) in [5, 5.41) is 0. The maximum absolute atomic E-state index is 2.25. The van der Waals surface area contributed by atoms with Gasteiger partial charge in [-0.1, -0.05) is 44.6 Å². The monoisotopic (exact) mass is 387 g/mol. The minimum absolute atomic E-state index is 0. The van der Waals surface area contributed by atoms with E-state index in [-0.39, 0.29) is 44.6 Å². The molecule has 0 rings (SSSR count). The summed E-state index contributed by atoms with van der Waals surface area (Å²) in [4.78, 5) is 13.1. The largest absolute Gasteiger partial charge is 0.297 e. The van der Waals surface area contributed by atoms with E-state index in [4.69, 9.17) is 0 Å². The van der Waals surface area contributed by atoms with Crippen molar-refractivity contribution in [3.8, 4) is 0 Å². The van der Waals surface area contributed by atoms with Gasteiger partial charge in [0.25, 0.3) is 0 Å². The molecule has 0 aromatic carbocycles. The standard InChI is InChI=1S/2C7H19N3.6CH4/c2*1-8(2)6-10(5)7-9(3)4;;;;;;/h2*6-7H2,1-5H3;6*1H4. The van der Waals surface area contributed by atoms with E-state index in [0.717, 1.165) is 26.7 Å². The minimum atomic E-state index is 0. The van der Waals surface area contributed by atoms with E-state index in [1.807, 2.05) is 0 Å². The first-order chi connectivity index (χ1) is 9.04. The van der Waals surface area contributed by atoms with Gasteiger partial charge in [-0.3, -0.25) is 29.4 Å². The molecule has 6 heteroatoms. The Morgan fingerprint density at radius 3 is 0.500 bits per heavy atom. The van der Waals surface area contributed by atoms with Crippen molar-refractivity contribution in [1.29, 1.82) is 0 Å². The van der Waals surface area contributed by atoms with Crippen LogP contribution in [0.15, 0.2) is 0 Å². The van der Waals surface area contributed by atoms with Gasteiger partial charge in [-0.15, -0.1) is 0 Å². The number of rotatable bonds is 8. The zero-order valence-electron chi connectivity index (χ0n) is 15.5. The molecule has 0 saturated carbocycles. The van der Waals surface area contributed by atoms with Gasteiger partial charge in [-0.25, -0.2) is 0 Å². The Morgan fingerprint density at radius 2 is 0.423 bits per heavy atom. The average molecular weight is 387 g/mol. The highest BCUT2D eigenvalue weighted by Crippen LogP contribution is 1.85. The van der Waals surface area contributed by atoms with Crippen LogP contribution in [0.2, 0.25) is 0 Å². The average Bonchev–Trinajstić information content (AvgIpc) is 2.11. The molecule has 0 heterocycles. The van der Waals surface area contributed by atoms with E-state index in [0.29, 0.717) is 0 Å². The van der Waals surface area contributed by atoms with Gasteiger partial charge < -0.3 is 0 Å². The van der Waals surface area contributed by atoms with Crippen LogP contribution in [-0.2, 0) is 0 Å². The summed E-state index contributed by atoms with van der Waals surface area (Å²) in [6, 6.07) is 0. The maximum atomic E-state index is 2.25. The summed E-state index contributed by atoms with van der Waals surface area (Å²) in [6.07, 6.45) is 0. The number of hydrogen-bond donors (Lipinski definition) is 0. The smallest absolute Gasteiger partial charge is 0.0509 e. The number of nitrogens with zero attached hydrogens (tertiary/aromatic N) is 6. The van der Waals surface area contributed by atoms with E-state index in [1.165, 1.54) is 0 Å². The summed E-state index contributed by atoms with van der Waals surface area (Å²) in [5.41, 5.74) is 0. The molecule has 0 radical (unpaired) electrons. The van der Waals surface area contributed by atoms with Crippen molar-refractivity contribution >= 4 is 0 Å². The van der Waals surface area contributed by atoms with Gasteiger partial charge in [0.1, 0.15) is 0 Å². The molecule has 172 valence electrons. The zero-order valence-corrected chi connectivity index (χ0v) is 15.5. The Labute approximate surface area is 171 Å². The molecular formula is C20H62N6. The fraction of sp³-hybridized carbons (Fsp3) is 1.00. The van der Waals surface area contributed by atoms with Crippen LogP contribution >= 0.6 is 0 Å². The quantitative estimate of drug-likeness (QED) is 0.588. The van der Waals surface area contributed by atoms with Gasteiger partial charge in [-0.2, -0.15) is 0 Å². The molecule has 0 aromatic heterocycles. The molecule has 0 spiro atoms. The van der Waals surface area contributed by atoms with Gasteiger partial charge in [0.15, 0.2) is 0 Å². The first-order valence-corrected chi connectivity index (χ1v) is 7.00. The zero-order chi connectivity index (χ0) is 16.3. The van der Waals surface area contributed by atoms with Gasteiger partial charge in [0, 0.05) is 0 Å². The lowest BCUT2D eigenvalue weighted by atomic mass is 10.7. The molecule has 0 aliphatic heterocycles. The van der Waals surface area contributed by atoms with Crippen LogP contribution in [0.1, 0.15) is 44.6 Å². The lowest BCUT2D eigenvalue weighted by molar-refractivity contribution is 0.147. The Balaban J connectivity index is -0.0000000337. The summed E-state index contributed by atoms with van der Waals surface area (Å²) in [6.45, 7) is 4.05. The van der Waals surface area contributed by atoms with E-state index in [1.54, 1.807) is 0 Å². The minimum Gasteiger partial charge on any atom is -0.297 e. The molecule has 0 bridgehead atoms. The normalized spacial score (nSPS) is 9.23. The third-order valence-electron chi connectivity index (χ3n) is 2.10. The van der Waals surface area contributed by atoms with Gasteiger partial charge in [0.2, 0.25) is 0 Å². The molecule has 6 nitrogen and oxygen atoms in total. The van der Waals surface area contributed by atoms with E-state index >= 15 is 0 Å². The lowest BCUT2D eigenvalue weighted by Gasteiger charge is -2.24. The van der Waals surface area contributed by atoms with Crippen molar-refractivity contribution in [2.75, 3.05) is 97.2 Å². The van der Waals surface area contributed by atoms with Crippen LogP contribution in [0, 0.1) is 0 Å². The molecule has 26 heavy (non-hydrogen) atoms. The van der Waals surface area contributed by atoms with Crippen molar-refractivity contribution in [2.45, 2.75) is 44.6 Å². The highest BCUT2D eigenvalue weighted by Gasteiger charge is 1.99. The Bertz CT molecular complexity index is 166. The van der Waals surface area contributed by atoms with Crippen molar-refractivity contribution in [3.63, 3.8) is 0 Å². The molecule has 0 N–H and O–H groups in total. The van der Waals surface area contributed by atoms with Crippen molar-refractivity contribution < 1.29 is 0 Å². The van der Waals surface area contributed by atoms with Crippen LogP contribution in [0.3, 0.4) is 0 Å². The van der Waals surface area contributed by atoms with Crippen LogP contribution in [0.5, 0.6) is 0 Å². The first-order valence-electron chi connectivity index (χ1n) is 7.00. The number of hydrogen-bond acceptors (Lipinski definition) is 6. The topological polar surface area (TPSA) is 19.4 Å². The van der Waals surface area contributed by atoms with E-state index in [9.17, 15) is 0 Å². The van der Waals surface area contributed by atoms with Crippen LogP contribution in [0.25, 0.3) is 0 Å². The van der Waals surface area contributed by atoms with E-state index < -0.39 is 0 Å². The van der Waals surface area contributed by atoms with Crippen LogP contribution < -0.4 is 0 Å². The fourth-order valence-electron chi connectivity index (χ4n) is 2.02. The van der Waals surface area contributed by atoms with Crippen molar-refractivity contribution in [1.82, 2.24) is 29.4 Å². The predicted molar refractivity (Wildman–Crippen MR) is 130 cm³/mol. The summed E-state index contributed by atoms with van der Waals surface area (Å²) in [7, 11) is 20.8. The summed E-state index contributed by atoms with van der Waals surface area (Å²) < 4.78 is 0. The highest BCUT2D eigenvalue weighted by atomic mass is 15.3. The Kier molecular flexibility index (Phi) is 56.8. The second-order valence-electron chi connectivity index (χ2n) is 6.60. The van der Waals surface area contributed by atoms with Gasteiger partial charge in [0.05, 0.1) is 26.7 Å². The van der Waals surface area contributed by atoms with Crippen molar-refractivity contribution in [3.05, 3.63) is 0 Å². The lowest BCUT2D eigenvalue weighted by Crippen LogP contribution is -2.36. The van der Waals surface area contributed by atoms with Gasteiger partial charge >= 0.3 is 0 Å².